The molecule has 1 aliphatic rings. The van der Waals surface area contributed by atoms with Gasteiger partial charge in [0.05, 0.1) is 6.61 Å². The fraction of sp³-hybridized carbons (Fsp3) is 0.429. The maximum atomic E-state index is 9.94. The van der Waals surface area contributed by atoms with Crippen LogP contribution in [0.25, 0.3) is 0 Å². The van der Waals surface area contributed by atoms with Crippen molar-refractivity contribution in [2.45, 2.75) is 38.3 Å². The van der Waals surface area contributed by atoms with Gasteiger partial charge in [-0.1, -0.05) is 50.2 Å². The molecule has 0 aromatic heterocycles. The third-order valence-electron chi connectivity index (χ3n) is 4.42. The van der Waals surface area contributed by atoms with Crippen LogP contribution in [0, 0.1) is 0 Å². The zero-order chi connectivity index (χ0) is 17.6. The summed E-state index contributed by atoms with van der Waals surface area (Å²) in [4.78, 5) is 0. The monoisotopic (exact) mass is 341 g/mol. The van der Waals surface area contributed by atoms with Crippen LogP contribution in [-0.2, 0) is 6.42 Å². The van der Waals surface area contributed by atoms with Crippen molar-refractivity contribution in [1.82, 2.24) is 5.32 Å². The maximum Gasteiger partial charge on any atom is 0.126 e. The molecule has 3 rings (SSSR count). The standard InChI is InChI=1S/C21H27NO3/c1-15(2)22-12-19(23)14-24-20-9-8-17-10-18(13-25-21(17)11-20)16-6-4-3-5-7-16/h3-9,11,15,18-19,22-23H,10,12-14H2,1-2H3. The van der Waals surface area contributed by atoms with Crippen molar-refractivity contribution in [2.24, 2.45) is 0 Å². The summed E-state index contributed by atoms with van der Waals surface area (Å²) in [6.45, 7) is 5.58. The summed E-state index contributed by atoms with van der Waals surface area (Å²) in [5.74, 6) is 2.02. The summed E-state index contributed by atoms with van der Waals surface area (Å²) in [5, 5.41) is 13.1. The quantitative estimate of drug-likeness (QED) is 0.812. The van der Waals surface area contributed by atoms with E-state index in [0.717, 1.165) is 17.9 Å². The van der Waals surface area contributed by atoms with E-state index in [1.54, 1.807) is 0 Å². The molecule has 2 aromatic rings. The highest BCUT2D eigenvalue weighted by atomic mass is 16.5. The second-order valence-electron chi connectivity index (χ2n) is 6.92. The Bertz CT molecular complexity index is 672. The van der Waals surface area contributed by atoms with E-state index in [1.165, 1.54) is 11.1 Å². The van der Waals surface area contributed by atoms with Gasteiger partial charge in [-0.3, -0.25) is 0 Å². The predicted molar refractivity (Wildman–Crippen MR) is 99.5 cm³/mol. The molecule has 4 heteroatoms. The van der Waals surface area contributed by atoms with Gasteiger partial charge in [-0.15, -0.1) is 0 Å². The van der Waals surface area contributed by atoms with Crippen molar-refractivity contribution in [2.75, 3.05) is 19.8 Å². The van der Waals surface area contributed by atoms with Crippen LogP contribution < -0.4 is 14.8 Å². The largest absolute Gasteiger partial charge is 0.493 e. The van der Waals surface area contributed by atoms with Crippen LogP contribution in [0.5, 0.6) is 11.5 Å². The van der Waals surface area contributed by atoms with E-state index in [0.29, 0.717) is 25.1 Å². The van der Waals surface area contributed by atoms with E-state index in [4.69, 9.17) is 9.47 Å². The smallest absolute Gasteiger partial charge is 0.126 e. The Kier molecular flexibility index (Phi) is 5.95. The molecule has 0 saturated heterocycles. The SMILES string of the molecule is CC(C)NCC(O)COc1ccc2c(c1)OCC(c1ccccc1)C2. The summed E-state index contributed by atoms with van der Waals surface area (Å²) >= 11 is 0. The van der Waals surface area contributed by atoms with Crippen molar-refractivity contribution < 1.29 is 14.6 Å². The molecule has 4 nitrogen and oxygen atoms in total. The van der Waals surface area contributed by atoms with Gasteiger partial charge in [0.15, 0.2) is 0 Å². The van der Waals surface area contributed by atoms with Crippen LogP contribution in [0.15, 0.2) is 48.5 Å². The van der Waals surface area contributed by atoms with Gasteiger partial charge in [0.1, 0.15) is 24.2 Å². The molecule has 0 radical (unpaired) electrons. The zero-order valence-electron chi connectivity index (χ0n) is 14.9. The van der Waals surface area contributed by atoms with Gasteiger partial charge in [0.2, 0.25) is 0 Å². The Morgan fingerprint density at radius 1 is 1.20 bits per heavy atom. The first kappa shape index (κ1) is 17.8. The van der Waals surface area contributed by atoms with Crippen LogP contribution in [0.4, 0.5) is 0 Å². The molecule has 25 heavy (non-hydrogen) atoms. The Morgan fingerprint density at radius 2 is 2.00 bits per heavy atom. The maximum absolute atomic E-state index is 9.94. The highest BCUT2D eigenvalue weighted by Gasteiger charge is 2.21. The highest BCUT2D eigenvalue weighted by Crippen LogP contribution is 2.34. The topological polar surface area (TPSA) is 50.7 Å². The van der Waals surface area contributed by atoms with E-state index in [-0.39, 0.29) is 6.61 Å². The van der Waals surface area contributed by atoms with Gasteiger partial charge < -0.3 is 19.9 Å². The molecule has 0 amide bonds. The first-order valence-corrected chi connectivity index (χ1v) is 8.96. The fourth-order valence-corrected chi connectivity index (χ4v) is 3.00. The van der Waals surface area contributed by atoms with E-state index in [1.807, 2.05) is 18.2 Å². The summed E-state index contributed by atoms with van der Waals surface area (Å²) in [6, 6.07) is 16.8. The third kappa shape index (κ3) is 4.97. The van der Waals surface area contributed by atoms with Crippen LogP contribution in [0.2, 0.25) is 0 Å². The van der Waals surface area contributed by atoms with Gasteiger partial charge in [-0.05, 0) is 23.6 Å². The number of rotatable bonds is 7. The lowest BCUT2D eigenvalue weighted by molar-refractivity contribution is 0.104. The second kappa shape index (κ2) is 8.37. The molecule has 1 aliphatic heterocycles. The van der Waals surface area contributed by atoms with Gasteiger partial charge in [-0.2, -0.15) is 0 Å². The zero-order valence-corrected chi connectivity index (χ0v) is 14.9. The molecular formula is C21H27NO3. The number of benzene rings is 2. The highest BCUT2D eigenvalue weighted by molar-refractivity contribution is 5.43. The third-order valence-corrected chi connectivity index (χ3v) is 4.42. The number of aliphatic hydroxyl groups is 1. The van der Waals surface area contributed by atoms with E-state index in [2.05, 4.69) is 49.5 Å². The minimum atomic E-state index is -0.526. The van der Waals surface area contributed by atoms with Gasteiger partial charge in [0.25, 0.3) is 0 Å². The first-order chi connectivity index (χ1) is 12.1. The fourth-order valence-electron chi connectivity index (χ4n) is 3.00. The van der Waals surface area contributed by atoms with E-state index >= 15 is 0 Å². The van der Waals surface area contributed by atoms with Crippen molar-refractivity contribution in [1.29, 1.82) is 0 Å². The first-order valence-electron chi connectivity index (χ1n) is 8.96. The van der Waals surface area contributed by atoms with Crippen molar-refractivity contribution in [3.05, 3.63) is 59.7 Å². The predicted octanol–water partition coefficient (Wildman–Crippen LogP) is 3.14. The lowest BCUT2D eigenvalue weighted by Gasteiger charge is -2.26. The molecule has 2 atom stereocenters. The van der Waals surface area contributed by atoms with Gasteiger partial charge in [0, 0.05) is 24.6 Å². The minimum absolute atomic E-state index is 0.269. The second-order valence-corrected chi connectivity index (χ2v) is 6.92. The van der Waals surface area contributed by atoms with Crippen molar-refractivity contribution >= 4 is 0 Å². The Morgan fingerprint density at radius 3 is 2.76 bits per heavy atom. The summed E-state index contributed by atoms with van der Waals surface area (Å²) in [7, 11) is 0. The van der Waals surface area contributed by atoms with E-state index < -0.39 is 6.10 Å². The van der Waals surface area contributed by atoms with Crippen LogP contribution in [-0.4, -0.2) is 37.0 Å². The molecule has 0 fully saturated rings. The number of aliphatic hydroxyl groups excluding tert-OH is 1. The molecule has 2 N–H and O–H groups in total. The Balaban J connectivity index is 1.57. The molecule has 0 bridgehead atoms. The molecule has 0 aliphatic carbocycles. The minimum Gasteiger partial charge on any atom is -0.493 e. The van der Waals surface area contributed by atoms with Gasteiger partial charge in [-0.25, -0.2) is 0 Å². The summed E-state index contributed by atoms with van der Waals surface area (Å²) in [6.07, 6.45) is 0.447. The number of ether oxygens (including phenoxy) is 2. The molecule has 2 unspecified atom stereocenters. The Labute approximate surface area is 149 Å². The molecule has 0 spiro atoms. The summed E-state index contributed by atoms with van der Waals surface area (Å²) in [5.41, 5.74) is 2.52. The Hall–Kier alpha value is -2.04. The lowest BCUT2D eigenvalue weighted by atomic mass is 9.90. The average Bonchev–Trinajstić information content (AvgIpc) is 2.64. The van der Waals surface area contributed by atoms with E-state index in [9.17, 15) is 5.11 Å². The number of hydrogen-bond acceptors (Lipinski definition) is 4. The molecular weight excluding hydrogens is 314 g/mol. The van der Waals surface area contributed by atoms with Gasteiger partial charge >= 0.3 is 0 Å². The number of hydrogen-bond donors (Lipinski definition) is 2. The normalized spacial score (nSPS) is 17.7. The van der Waals surface area contributed by atoms with Crippen LogP contribution >= 0.6 is 0 Å². The number of fused-ring (bicyclic) bond motifs is 1. The van der Waals surface area contributed by atoms with Crippen LogP contribution in [0.3, 0.4) is 0 Å². The van der Waals surface area contributed by atoms with Crippen molar-refractivity contribution in [3.63, 3.8) is 0 Å². The molecule has 1 heterocycles. The molecule has 0 saturated carbocycles. The summed E-state index contributed by atoms with van der Waals surface area (Å²) < 4.78 is 11.7. The molecule has 2 aromatic carbocycles. The van der Waals surface area contributed by atoms with Crippen LogP contribution in [0.1, 0.15) is 30.9 Å². The number of nitrogens with one attached hydrogen (secondary N) is 1. The average molecular weight is 341 g/mol. The molecule has 134 valence electrons. The lowest BCUT2D eigenvalue weighted by Crippen LogP contribution is -2.35. The van der Waals surface area contributed by atoms with Crippen molar-refractivity contribution in [3.8, 4) is 11.5 Å².